The van der Waals surface area contributed by atoms with Crippen molar-refractivity contribution in [2.24, 2.45) is 5.73 Å². The van der Waals surface area contributed by atoms with E-state index in [1.807, 2.05) is 24.3 Å². The highest BCUT2D eigenvalue weighted by Crippen LogP contribution is 2.37. The number of hydrogen-bond donors (Lipinski definition) is 3. The molecule has 14 nitrogen and oxygen atoms in total. The summed E-state index contributed by atoms with van der Waals surface area (Å²) in [5.74, 6) is -1.71. The summed E-state index contributed by atoms with van der Waals surface area (Å²) in [6.45, 7) is 0.0751. The van der Waals surface area contributed by atoms with Crippen LogP contribution in [0.1, 0.15) is 19.3 Å². The number of alkyl carbamates (subject to hydrolysis) is 1. The van der Waals surface area contributed by atoms with E-state index in [-0.39, 0.29) is 54.5 Å². The Morgan fingerprint density at radius 2 is 1.82 bits per heavy atom. The van der Waals surface area contributed by atoms with Crippen LogP contribution in [-0.2, 0) is 34.1 Å². The number of benzene rings is 2. The average Bonchev–Trinajstić information content (AvgIpc) is 3.39. The van der Waals surface area contributed by atoms with Crippen molar-refractivity contribution in [2.75, 3.05) is 38.7 Å². The third-order valence-corrected chi connectivity index (χ3v) is 11.2. The Morgan fingerprint density at radius 1 is 1.07 bits per heavy atom. The van der Waals surface area contributed by atoms with E-state index in [1.165, 1.54) is 34.8 Å². The van der Waals surface area contributed by atoms with Crippen molar-refractivity contribution in [3.8, 4) is 5.75 Å². The number of piperidine rings is 1. The summed E-state index contributed by atoms with van der Waals surface area (Å²) in [5, 5.41) is 13.7. The van der Waals surface area contributed by atoms with E-state index in [9.17, 15) is 31.5 Å². The molecule has 2 atom stereocenters. The second-order valence-corrected chi connectivity index (χ2v) is 15.0. The number of carbonyl (C=O) groups excluding carboxylic acids is 2. The zero-order valence-corrected chi connectivity index (χ0v) is 25.8. The molecule has 1 aromatic heterocycles. The maximum Gasteiger partial charge on any atom is 0.407 e. The minimum absolute atomic E-state index is 0.130. The van der Waals surface area contributed by atoms with Crippen LogP contribution in [0.4, 0.5) is 4.79 Å². The molecular formula is C29H34N4O10S2. The van der Waals surface area contributed by atoms with Crippen molar-refractivity contribution in [3.63, 3.8) is 0 Å². The number of pyridine rings is 1. The summed E-state index contributed by atoms with van der Waals surface area (Å²) in [5.41, 5.74) is 5.13. The number of primary amides is 1. The van der Waals surface area contributed by atoms with Gasteiger partial charge in [-0.15, -0.1) is 0 Å². The topological polar surface area (TPSA) is 205 Å². The normalized spacial score (nSPS) is 19.3. The molecule has 45 heavy (non-hydrogen) atoms. The van der Waals surface area contributed by atoms with Crippen LogP contribution in [0.25, 0.3) is 10.9 Å². The van der Waals surface area contributed by atoms with Gasteiger partial charge in [0.05, 0.1) is 28.7 Å². The molecule has 2 saturated heterocycles. The van der Waals surface area contributed by atoms with Crippen molar-refractivity contribution < 1.29 is 45.7 Å². The first-order valence-corrected chi connectivity index (χ1v) is 17.3. The van der Waals surface area contributed by atoms with Gasteiger partial charge in [-0.2, -0.15) is 4.31 Å². The second-order valence-electron chi connectivity index (χ2n) is 11.1. The highest BCUT2D eigenvalue weighted by molar-refractivity contribution is 7.92. The Kier molecular flexibility index (Phi) is 9.60. The minimum Gasteiger partial charge on any atom is -0.491 e. The lowest BCUT2D eigenvalue weighted by Crippen LogP contribution is -2.47. The zero-order valence-electron chi connectivity index (χ0n) is 24.2. The number of nitrogens with one attached hydrogen (secondary N) is 1. The van der Waals surface area contributed by atoms with Gasteiger partial charge >= 0.3 is 6.09 Å². The van der Waals surface area contributed by atoms with Crippen LogP contribution >= 0.6 is 0 Å². The van der Waals surface area contributed by atoms with E-state index in [0.29, 0.717) is 24.8 Å². The molecule has 2 amide bonds. The molecule has 1 spiro atoms. The lowest BCUT2D eigenvalue weighted by Gasteiger charge is -2.37. The predicted molar refractivity (Wildman–Crippen MR) is 160 cm³/mol. The largest absolute Gasteiger partial charge is 0.491 e. The van der Waals surface area contributed by atoms with Crippen molar-refractivity contribution >= 4 is 42.8 Å². The van der Waals surface area contributed by atoms with Gasteiger partial charge in [0.1, 0.15) is 35.7 Å². The van der Waals surface area contributed by atoms with Crippen LogP contribution in [0.15, 0.2) is 70.6 Å². The number of aliphatic hydroxyl groups excluding tert-OH is 1. The van der Waals surface area contributed by atoms with Gasteiger partial charge in [0.2, 0.25) is 15.9 Å². The molecule has 2 aliphatic rings. The number of sulfone groups is 1. The maximum atomic E-state index is 13.3. The van der Waals surface area contributed by atoms with Gasteiger partial charge < -0.3 is 30.4 Å². The summed E-state index contributed by atoms with van der Waals surface area (Å²) in [6.07, 6.45) is 0.805. The van der Waals surface area contributed by atoms with Crippen LogP contribution in [-0.4, -0.2) is 99.6 Å². The number of amides is 2. The highest BCUT2D eigenvalue weighted by Gasteiger charge is 2.45. The van der Waals surface area contributed by atoms with Crippen LogP contribution in [0.3, 0.4) is 0 Å². The van der Waals surface area contributed by atoms with Crippen LogP contribution in [0, 0.1) is 0 Å². The fourth-order valence-corrected chi connectivity index (χ4v) is 7.96. The highest BCUT2D eigenvalue weighted by atomic mass is 32.2. The van der Waals surface area contributed by atoms with Crippen molar-refractivity contribution in [3.05, 3.63) is 60.8 Å². The third-order valence-electron chi connectivity index (χ3n) is 7.71. The molecule has 0 radical (unpaired) electrons. The standard InChI is InChI=1S/C29H34N4O10S2/c30-27(35)19-44(37,38)24-6-3-5-23(13-24)41-17-22(34)18-42-28(36)32-21-14-29(43-16-21)8-10-33(11-9-29)45(39,40)25-12-20-4-1-2-7-26(20)31-15-25/h1-7,12-13,15,21-22,34H,8-11,14,16-19H2,(H2,30,35)(H,32,36)/t21-,22+/m1/s1. The van der Waals surface area contributed by atoms with Gasteiger partial charge in [-0.1, -0.05) is 24.3 Å². The van der Waals surface area contributed by atoms with Gasteiger partial charge in [-0.3, -0.25) is 9.78 Å². The summed E-state index contributed by atoms with van der Waals surface area (Å²) >= 11 is 0. The van der Waals surface area contributed by atoms with Gasteiger partial charge in [-0.05, 0) is 49.6 Å². The first-order valence-electron chi connectivity index (χ1n) is 14.2. The van der Waals surface area contributed by atoms with Crippen LogP contribution in [0.2, 0.25) is 0 Å². The summed E-state index contributed by atoms with van der Waals surface area (Å²) in [6, 6.07) is 14.0. The Balaban J connectivity index is 1.05. The molecule has 242 valence electrons. The summed E-state index contributed by atoms with van der Waals surface area (Å²) < 4.78 is 69.0. The molecule has 0 bridgehead atoms. The minimum atomic E-state index is -3.93. The number of ether oxygens (including phenoxy) is 3. The number of aromatic nitrogens is 1. The smallest absolute Gasteiger partial charge is 0.407 e. The molecule has 2 aromatic carbocycles. The number of hydrogen-bond acceptors (Lipinski definition) is 11. The number of carbonyl (C=O) groups is 2. The van der Waals surface area contributed by atoms with Gasteiger partial charge in [0, 0.05) is 24.7 Å². The number of nitrogens with two attached hydrogens (primary N) is 1. The van der Waals surface area contributed by atoms with Crippen molar-refractivity contribution in [1.82, 2.24) is 14.6 Å². The number of aliphatic hydroxyl groups is 1. The van der Waals surface area contributed by atoms with Crippen molar-refractivity contribution in [1.29, 1.82) is 0 Å². The van der Waals surface area contributed by atoms with E-state index in [2.05, 4.69) is 10.3 Å². The van der Waals surface area contributed by atoms with E-state index >= 15 is 0 Å². The molecule has 0 saturated carbocycles. The number of sulfonamides is 1. The fourth-order valence-electron chi connectivity index (χ4n) is 5.41. The second kappa shape index (κ2) is 13.3. The lowest BCUT2D eigenvalue weighted by atomic mass is 9.88. The maximum absolute atomic E-state index is 13.3. The molecule has 16 heteroatoms. The molecule has 2 aliphatic heterocycles. The van der Waals surface area contributed by atoms with Gasteiger partial charge in [0.15, 0.2) is 9.84 Å². The molecular weight excluding hydrogens is 628 g/mol. The number of nitrogens with zero attached hydrogens (tertiary/aromatic N) is 2. The molecule has 2 fully saturated rings. The predicted octanol–water partition coefficient (Wildman–Crippen LogP) is 0.972. The van der Waals surface area contributed by atoms with Gasteiger partial charge in [-0.25, -0.2) is 21.6 Å². The Morgan fingerprint density at radius 3 is 2.58 bits per heavy atom. The monoisotopic (exact) mass is 662 g/mol. The van der Waals surface area contributed by atoms with Gasteiger partial charge in [0.25, 0.3) is 0 Å². The van der Waals surface area contributed by atoms with E-state index in [0.717, 1.165) is 5.39 Å². The number of para-hydroxylation sites is 1. The number of fused-ring (bicyclic) bond motifs is 1. The Hall–Kier alpha value is -3.83. The lowest BCUT2D eigenvalue weighted by molar-refractivity contribution is -0.115. The van der Waals surface area contributed by atoms with Crippen LogP contribution < -0.4 is 15.8 Å². The SMILES string of the molecule is NC(=O)CS(=O)(=O)c1cccc(OC[C@H](O)COC(=O)N[C@H]2COC3(CCN(S(=O)(=O)c4cnc5ccccc5c4)CC3)C2)c1. The third kappa shape index (κ3) is 7.88. The quantitative estimate of drug-likeness (QED) is 0.264. The van der Waals surface area contributed by atoms with Crippen LogP contribution in [0.5, 0.6) is 5.75 Å². The van der Waals surface area contributed by atoms with E-state index in [4.69, 9.17) is 19.9 Å². The number of rotatable bonds is 11. The Bertz CT molecular complexity index is 1780. The molecule has 0 unspecified atom stereocenters. The first kappa shape index (κ1) is 32.6. The zero-order chi connectivity index (χ0) is 32.2. The van der Waals surface area contributed by atoms with E-state index < -0.39 is 49.3 Å². The average molecular weight is 663 g/mol. The van der Waals surface area contributed by atoms with E-state index in [1.54, 1.807) is 6.07 Å². The summed E-state index contributed by atoms with van der Waals surface area (Å²) in [7, 11) is -7.66. The molecule has 5 rings (SSSR count). The summed E-state index contributed by atoms with van der Waals surface area (Å²) in [4.78, 5) is 27.7. The van der Waals surface area contributed by atoms with Crippen molar-refractivity contribution in [2.45, 2.75) is 46.8 Å². The molecule has 4 N–H and O–H groups in total. The molecule has 3 aromatic rings. The first-order chi connectivity index (χ1) is 21.3. The Labute approximate surface area is 260 Å². The molecule has 0 aliphatic carbocycles. The fraction of sp³-hybridized carbons (Fsp3) is 0.414. The molecule has 3 heterocycles.